The van der Waals surface area contributed by atoms with E-state index in [4.69, 9.17) is 14.2 Å². The predicted octanol–water partition coefficient (Wildman–Crippen LogP) is 5.83. The number of rotatable bonds is 12. The lowest BCUT2D eigenvalue weighted by Gasteiger charge is -2.37. The molecule has 6 heteroatoms. The van der Waals surface area contributed by atoms with E-state index in [1.807, 2.05) is 121 Å². The van der Waals surface area contributed by atoms with Crippen LogP contribution >= 0.6 is 0 Å². The Morgan fingerprint density at radius 3 is 1.62 bits per heavy atom. The van der Waals surface area contributed by atoms with Crippen LogP contribution in [-0.4, -0.2) is 40.4 Å². The van der Waals surface area contributed by atoms with Crippen molar-refractivity contribution in [2.75, 3.05) is 6.54 Å². The molecule has 4 aromatic rings. The molecule has 0 bridgehead atoms. The summed E-state index contributed by atoms with van der Waals surface area (Å²) in [4.78, 5) is 0. The molecule has 0 aromatic heterocycles. The molecule has 1 aliphatic rings. The van der Waals surface area contributed by atoms with E-state index in [1.165, 1.54) is 0 Å². The number of ether oxygens (including phenoxy) is 3. The minimum atomic E-state index is -0.855. The highest BCUT2D eigenvalue weighted by Gasteiger charge is 2.45. The van der Waals surface area contributed by atoms with E-state index in [2.05, 4.69) is 0 Å². The molecular formula is C34H35NO5. The first-order chi connectivity index (χ1) is 19.7. The van der Waals surface area contributed by atoms with Gasteiger partial charge in [0.25, 0.3) is 0 Å². The quantitative estimate of drug-likeness (QED) is 0.182. The Balaban J connectivity index is 1.44. The van der Waals surface area contributed by atoms with Gasteiger partial charge in [0.05, 0.1) is 32.3 Å². The molecule has 0 fully saturated rings. The van der Waals surface area contributed by atoms with Gasteiger partial charge in [-0.15, -0.1) is 0 Å². The van der Waals surface area contributed by atoms with Gasteiger partial charge in [-0.3, -0.25) is 0 Å². The summed E-state index contributed by atoms with van der Waals surface area (Å²) in [6.07, 6.45) is -2.54. The SMILES string of the molecule is [O-][N+]1=C(CC(O)c2ccccc2)[C@@H](OCc2ccccc2)[C@H](OCc2ccccc2)[C@H](OCc2ccccc2)C1. The normalized spacial score (nSPS) is 19.9. The molecule has 0 saturated carbocycles. The number of aliphatic hydroxyl groups excluding tert-OH is 1. The molecule has 206 valence electrons. The Kier molecular flexibility index (Phi) is 9.72. The first-order valence-electron chi connectivity index (χ1n) is 13.7. The lowest BCUT2D eigenvalue weighted by Crippen LogP contribution is -2.56. The van der Waals surface area contributed by atoms with Gasteiger partial charge in [0.2, 0.25) is 0 Å². The standard InChI is InChI=1S/C34H35NO5/c36-31(29-19-11-4-12-20-29)21-30-33(39-24-27-15-7-2-8-16-27)34(40-25-28-17-9-3-10-18-28)32(22-35(30)37)38-23-26-13-5-1-6-14-26/h1-20,31-34,36H,21-25H2/t31?,32-,33-,34-/m1/s1. The summed E-state index contributed by atoms with van der Waals surface area (Å²) in [5.41, 5.74) is 4.20. The van der Waals surface area contributed by atoms with Gasteiger partial charge in [-0.1, -0.05) is 121 Å². The topological polar surface area (TPSA) is 74.0 Å². The second-order valence-corrected chi connectivity index (χ2v) is 10.00. The molecule has 0 saturated heterocycles. The number of hydrogen-bond acceptors (Lipinski definition) is 5. The minimum absolute atomic E-state index is 0.0777. The van der Waals surface area contributed by atoms with Crippen LogP contribution < -0.4 is 0 Å². The van der Waals surface area contributed by atoms with Gasteiger partial charge in [-0.05, 0) is 22.3 Å². The third-order valence-electron chi connectivity index (χ3n) is 7.11. The van der Waals surface area contributed by atoms with Crippen molar-refractivity contribution in [2.24, 2.45) is 0 Å². The van der Waals surface area contributed by atoms with Crippen molar-refractivity contribution in [3.63, 3.8) is 0 Å². The van der Waals surface area contributed by atoms with Gasteiger partial charge in [-0.25, -0.2) is 4.74 Å². The molecule has 0 amide bonds. The van der Waals surface area contributed by atoms with Gasteiger partial charge in [0, 0.05) is 0 Å². The molecule has 5 rings (SSSR count). The number of nitrogens with zero attached hydrogens (tertiary/aromatic N) is 1. The van der Waals surface area contributed by atoms with E-state index in [-0.39, 0.29) is 13.0 Å². The van der Waals surface area contributed by atoms with Crippen molar-refractivity contribution in [1.82, 2.24) is 0 Å². The van der Waals surface area contributed by atoms with Gasteiger partial charge in [0.15, 0.2) is 18.4 Å². The van der Waals surface area contributed by atoms with E-state index in [0.717, 1.165) is 27.0 Å². The van der Waals surface area contributed by atoms with Crippen molar-refractivity contribution in [1.29, 1.82) is 0 Å². The highest BCUT2D eigenvalue weighted by Crippen LogP contribution is 2.27. The van der Waals surface area contributed by atoms with Crippen LogP contribution in [0, 0.1) is 5.21 Å². The zero-order valence-corrected chi connectivity index (χ0v) is 22.4. The van der Waals surface area contributed by atoms with Crippen LogP contribution in [0.15, 0.2) is 121 Å². The van der Waals surface area contributed by atoms with Crippen LogP contribution in [0.25, 0.3) is 0 Å². The van der Waals surface area contributed by atoms with Crippen molar-refractivity contribution in [2.45, 2.75) is 50.7 Å². The molecule has 0 radical (unpaired) electrons. The fourth-order valence-corrected chi connectivity index (χ4v) is 4.96. The fraction of sp³-hybridized carbons (Fsp3) is 0.265. The van der Waals surface area contributed by atoms with Gasteiger partial charge in [0.1, 0.15) is 12.2 Å². The molecule has 1 N–H and O–H groups in total. The Labute approximate surface area is 235 Å². The van der Waals surface area contributed by atoms with E-state index >= 15 is 0 Å². The minimum Gasteiger partial charge on any atom is -0.624 e. The molecule has 1 unspecified atom stereocenters. The fourth-order valence-electron chi connectivity index (χ4n) is 4.96. The first kappa shape index (κ1) is 27.7. The summed E-state index contributed by atoms with van der Waals surface area (Å²) in [5.74, 6) is 0. The maximum absolute atomic E-state index is 13.6. The van der Waals surface area contributed by atoms with E-state index in [0.29, 0.717) is 25.5 Å². The zero-order chi connectivity index (χ0) is 27.6. The average Bonchev–Trinajstić information content (AvgIpc) is 3.01. The lowest BCUT2D eigenvalue weighted by molar-refractivity contribution is -0.490. The van der Waals surface area contributed by atoms with Gasteiger partial charge < -0.3 is 24.5 Å². The maximum atomic E-state index is 13.6. The Morgan fingerprint density at radius 1 is 0.650 bits per heavy atom. The second-order valence-electron chi connectivity index (χ2n) is 10.00. The van der Waals surface area contributed by atoms with Crippen molar-refractivity contribution >= 4 is 5.71 Å². The monoisotopic (exact) mass is 537 g/mol. The summed E-state index contributed by atoms with van der Waals surface area (Å²) in [6.45, 7) is 1.06. The van der Waals surface area contributed by atoms with Crippen LogP contribution in [0.2, 0.25) is 0 Å². The molecule has 1 aliphatic heterocycles. The lowest BCUT2D eigenvalue weighted by atomic mass is 9.93. The van der Waals surface area contributed by atoms with Crippen LogP contribution in [0.3, 0.4) is 0 Å². The highest BCUT2D eigenvalue weighted by molar-refractivity contribution is 5.86. The summed E-state index contributed by atoms with van der Waals surface area (Å²) < 4.78 is 20.3. The van der Waals surface area contributed by atoms with Crippen LogP contribution in [-0.2, 0) is 34.0 Å². The van der Waals surface area contributed by atoms with Gasteiger partial charge in [-0.2, -0.15) is 0 Å². The molecule has 6 nitrogen and oxygen atoms in total. The Hall–Kier alpha value is -3.81. The summed E-state index contributed by atoms with van der Waals surface area (Å²) >= 11 is 0. The van der Waals surface area contributed by atoms with Crippen LogP contribution in [0.5, 0.6) is 0 Å². The number of aliphatic hydroxyl groups is 1. The Morgan fingerprint density at radius 2 is 1.10 bits per heavy atom. The molecule has 0 spiro atoms. The zero-order valence-electron chi connectivity index (χ0n) is 22.4. The van der Waals surface area contributed by atoms with Crippen LogP contribution in [0.1, 0.15) is 34.8 Å². The molecular weight excluding hydrogens is 502 g/mol. The molecule has 4 atom stereocenters. The Bertz CT molecular complexity index is 1330. The summed E-state index contributed by atoms with van der Waals surface area (Å²) in [6, 6.07) is 39.0. The largest absolute Gasteiger partial charge is 0.624 e. The average molecular weight is 538 g/mol. The molecule has 0 aliphatic carbocycles. The second kappa shape index (κ2) is 14.0. The van der Waals surface area contributed by atoms with Crippen molar-refractivity contribution in [3.8, 4) is 0 Å². The predicted molar refractivity (Wildman–Crippen MR) is 155 cm³/mol. The van der Waals surface area contributed by atoms with E-state index in [9.17, 15) is 10.3 Å². The number of hydrogen-bond donors (Lipinski definition) is 1. The van der Waals surface area contributed by atoms with E-state index < -0.39 is 24.4 Å². The summed E-state index contributed by atoms with van der Waals surface area (Å²) in [5, 5.41) is 24.7. The van der Waals surface area contributed by atoms with E-state index in [1.54, 1.807) is 0 Å². The number of benzene rings is 4. The van der Waals surface area contributed by atoms with Crippen molar-refractivity contribution in [3.05, 3.63) is 149 Å². The summed E-state index contributed by atoms with van der Waals surface area (Å²) in [7, 11) is 0. The molecule has 4 aromatic carbocycles. The first-order valence-corrected chi connectivity index (χ1v) is 13.7. The molecule has 1 heterocycles. The number of hydroxylamine groups is 1. The third kappa shape index (κ3) is 7.43. The van der Waals surface area contributed by atoms with Crippen molar-refractivity contribution < 1.29 is 24.1 Å². The smallest absolute Gasteiger partial charge is 0.198 e. The third-order valence-corrected chi connectivity index (χ3v) is 7.11. The maximum Gasteiger partial charge on any atom is 0.198 e. The van der Waals surface area contributed by atoms with Gasteiger partial charge >= 0.3 is 0 Å². The molecule has 40 heavy (non-hydrogen) atoms. The van der Waals surface area contributed by atoms with Crippen LogP contribution in [0.4, 0.5) is 0 Å². The highest BCUT2D eigenvalue weighted by atomic mass is 16.6.